The number of carbonyl (C=O) groups is 1. The van der Waals surface area contributed by atoms with Crippen LogP contribution < -0.4 is 10.5 Å². The first-order valence-corrected chi connectivity index (χ1v) is 7.03. The van der Waals surface area contributed by atoms with Crippen molar-refractivity contribution in [2.75, 3.05) is 12.4 Å². The second-order valence-corrected chi connectivity index (χ2v) is 5.57. The predicted molar refractivity (Wildman–Crippen MR) is 67.9 cm³/mol. The van der Waals surface area contributed by atoms with Gasteiger partial charge in [0.1, 0.15) is 0 Å². The summed E-state index contributed by atoms with van der Waals surface area (Å²) < 4.78 is 34.7. The van der Waals surface area contributed by atoms with Crippen molar-refractivity contribution < 1.29 is 27.6 Å². The lowest BCUT2D eigenvalue weighted by Crippen LogP contribution is -2.12. The number of phenolic OH excluding ortho intramolecular Hbond substituents is 1. The highest BCUT2D eigenvalue weighted by Gasteiger charge is 2.12. The van der Waals surface area contributed by atoms with E-state index in [4.69, 9.17) is 15.0 Å². The van der Waals surface area contributed by atoms with E-state index in [1.165, 1.54) is 12.1 Å². The lowest BCUT2D eigenvalue weighted by atomic mass is 10.1. The molecule has 1 amide bonds. The third kappa shape index (κ3) is 4.76. The highest BCUT2D eigenvalue weighted by Crippen LogP contribution is 2.31. The van der Waals surface area contributed by atoms with E-state index < -0.39 is 21.8 Å². The number of hydrogen-bond donors (Lipinski definition) is 3. The molecule has 0 unspecified atom stereocenters. The summed E-state index contributed by atoms with van der Waals surface area (Å²) in [6.07, 6.45) is 0.0787. The third-order valence-electron chi connectivity index (χ3n) is 2.33. The Morgan fingerprint density at radius 1 is 1.42 bits per heavy atom. The molecule has 1 rings (SSSR count). The van der Waals surface area contributed by atoms with E-state index in [0.29, 0.717) is 5.56 Å². The maximum Gasteiger partial charge on any atom is 0.264 e. The van der Waals surface area contributed by atoms with Gasteiger partial charge in [0, 0.05) is 5.56 Å². The minimum absolute atomic E-state index is 0.00408. The largest absolute Gasteiger partial charge is 0.504 e. The van der Waals surface area contributed by atoms with Crippen LogP contribution in [0.3, 0.4) is 0 Å². The number of carbonyl (C=O) groups excluding carboxylic acids is 1. The third-order valence-corrected chi connectivity index (χ3v) is 3.14. The average molecular weight is 289 g/mol. The molecule has 0 atom stereocenters. The Hall–Kier alpha value is -1.80. The molecule has 7 nitrogen and oxygen atoms in total. The van der Waals surface area contributed by atoms with E-state index in [1.807, 2.05) is 0 Å². The highest BCUT2D eigenvalue weighted by molar-refractivity contribution is 7.85. The van der Waals surface area contributed by atoms with Gasteiger partial charge in [-0.2, -0.15) is 8.42 Å². The van der Waals surface area contributed by atoms with Gasteiger partial charge in [-0.25, -0.2) is 0 Å². The fourth-order valence-corrected chi connectivity index (χ4v) is 1.98. The Balaban J connectivity index is 2.72. The number of benzene rings is 1. The summed E-state index contributed by atoms with van der Waals surface area (Å²) in [4.78, 5) is 11.0. The van der Waals surface area contributed by atoms with Crippen molar-refractivity contribution in [1.82, 2.24) is 0 Å². The zero-order valence-corrected chi connectivity index (χ0v) is 11.1. The Morgan fingerprint density at radius 3 is 2.53 bits per heavy atom. The molecule has 4 N–H and O–H groups in total. The zero-order valence-electron chi connectivity index (χ0n) is 10.3. The molecule has 0 spiro atoms. The van der Waals surface area contributed by atoms with E-state index >= 15 is 0 Å². The van der Waals surface area contributed by atoms with E-state index in [9.17, 15) is 18.3 Å². The lowest BCUT2D eigenvalue weighted by molar-refractivity contribution is 0.0999. The van der Waals surface area contributed by atoms with Crippen LogP contribution in [0.5, 0.6) is 11.5 Å². The molecule has 8 heteroatoms. The second-order valence-electron chi connectivity index (χ2n) is 3.99. The van der Waals surface area contributed by atoms with Gasteiger partial charge in [-0.3, -0.25) is 9.35 Å². The molecule has 0 bridgehead atoms. The van der Waals surface area contributed by atoms with Gasteiger partial charge in [0.15, 0.2) is 11.5 Å². The molecule has 0 radical (unpaired) electrons. The van der Waals surface area contributed by atoms with Crippen LogP contribution in [0.4, 0.5) is 0 Å². The highest BCUT2D eigenvalue weighted by atomic mass is 32.2. The summed E-state index contributed by atoms with van der Waals surface area (Å²) >= 11 is 0. The molecule has 0 fully saturated rings. The minimum atomic E-state index is -4.02. The first-order valence-electron chi connectivity index (χ1n) is 5.42. The fourth-order valence-electron chi connectivity index (χ4n) is 1.50. The molecule has 1 aromatic carbocycles. The first kappa shape index (κ1) is 15.3. The number of amides is 1. The second kappa shape index (κ2) is 5.89. The number of rotatable bonds is 6. The molecule has 0 aromatic heterocycles. The average Bonchev–Trinajstić information content (AvgIpc) is 2.25. The number of nitrogens with two attached hydrogens (primary N) is 1. The van der Waals surface area contributed by atoms with Crippen LogP contribution in [-0.4, -0.2) is 36.3 Å². The molecule has 0 heterocycles. The van der Waals surface area contributed by atoms with Crippen LogP contribution in [0.25, 0.3) is 0 Å². The summed E-state index contributed by atoms with van der Waals surface area (Å²) in [6, 6.07) is 2.63. The number of phenols is 1. The van der Waals surface area contributed by atoms with Crippen LogP contribution in [-0.2, 0) is 10.1 Å². The lowest BCUT2D eigenvalue weighted by Gasteiger charge is -2.11. The van der Waals surface area contributed by atoms with Crippen molar-refractivity contribution in [1.29, 1.82) is 0 Å². The molecular weight excluding hydrogens is 274 g/mol. The number of hydrogen-bond acceptors (Lipinski definition) is 5. The number of ether oxygens (including phenoxy) is 1. The van der Waals surface area contributed by atoms with E-state index in [2.05, 4.69) is 0 Å². The van der Waals surface area contributed by atoms with Gasteiger partial charge in [-0.15, -0.1) is 0 Å². The van der Waals surface area contributed by atoms with Crippen LogP contribution in [0.2, 0.25) is 0 Å². The van der Waals surface area contributed by atoms with Crippen LogP contribution in [0.15, 0.2) is 12.1 Å². The smallest absolute Gasteiger partial charge is 0.264 e. The van der Waals surface area contributed by atoms with Crippen molar-refractivity contribution in [2.45, 2.75) is 13.3 Å². The van der Waals surface area contributed by atoms with E-state index in [1.54, 1.807) is 6.92 Å². The van der Waals surface area contributed by atoms with Gasteiger partial charge in [0.2, 0.25) is 5.91 Å². The standard InChI is InChI=1S/C11H15NO6S/c1-7-5-8(11(12)14)6-9(13)10(7)18-3-2-4-19(15,16)17/h5-6,13H,2-4H2,1H3,(H2,12,14)(H,15,16,17). The monoisotopic (exact) mass is 289 g/mol. The summed E-state index contributed by atoms with van der Waals surface area (Å²) in [5.41, 5.74) is 5.74. The van der Waals surface area contributed by atoms with Crippen LogP contribution >= 0.6 is 0 Å². The van der Waals surface area contributed by atoms with Gasteiger partial charge in [-0.05, 0) is 31.0 Å². The molecule has 0 aliphatic carbocycles. The van der Waals surface area contributed by atoms with Crippen molar-refractivity contribution >= 4 is 16.0 Å². The van der Waals surface area contributed by atoms with Crippen molar-refractivity contribution in [3.63, 3.8) is 0 Å². The summed E-state index contributed by atoms with van der Waals surface area (Å²) in [5.74, 6) is -1.19. The molecule has 0 saturated heterocycles. The number of aromatic hydroxyl groups is 1. The molecule has 0 saturated carbocycles. The van der Waals surface area contributed by atoms with Crippen LogP contribution in [0, 0.1) is 6.92 Å². The summed E-state index contributed by atoms with van der Waals surface area (Å²) in [5, 5.41) is 9.68. The van der Waals surface area contributed by atoms with Gasteiger partial charge in [0.05, 0.1) is 12.4 Å². The van der Waals surface area contributed by atoms with Crippen molar-refractivity contribution in [3.05, 3.63) is 23.3 Å². The maximum absolute atomic E-state index is 11.0. The first-order chi connectivity index (χ1) is 8.70. The Morgan fingerprint density at radius 2 is 2.05 bits per heavy atom. The van der Waals surface area contributed by atoms with Gasteiger partial charge in [0.25, 0.3) is 10.1 Å². The van der Waals surface area contributed by atoms with Crippen LogP contribution in [0.1, 0.15) is 22.3 Å². The predicted octanol–water partition coefficient (Wildman–Crippen LogP) is 0.456. The van der Waals surface area contributed by atoms with Gasteiger partial charge < -0.3 is 15.6 Å². The quantitative estimate of drug-likeness (QED) is 0.515. The van der Waals surface area contributed by atoms with Gasteiger partial charge in [-0.1, -0.05) is 0 Å². The maximum atomic E-state index is 11.0. The molecule has 0 aliphatic heterocycles. The molecule has 19 heavy (non-hydrogen) atoms. The van der Waals surface area contributed by atoms with Gasteiger partial charge >= 0.3 is 0 Å². The number of primary amides is 1. The zero-order chi connectivity index (χ0) is 14.6. The van der Waals surface area contributed by atoms with Crippen molar-refractivity contribution in [3.8, 4) is 11.5 Å². The van der Waals surface area contributed by atoms with E-state index in [-0.39, 0.29) is 30.1 Å². The van der Waals surface area contributed by atoms with E-state index in [0.717, 1.165) is 0 Å². The SMILES string of the molecule is Cc1cc(C(N)=O)cc(O)c1OCCCS(=O)(=O)O. The number of aryl methyl sites for hydroxylation is 1. The Kier molecular flexibility index (Phi) is 4.73. The fraction of sp³-hybridized carbons (Fsp3) is 0.364. The molecule has 106 valence electrons. The summed E-state index contributed by atoms with van der Waals surface area (Å²) in [6.45, 7) is 1.62. The summed E-state index contributed by atoms with van der Waals surface area (Å²) in [7, 11) is -4.02. The molecular formula is C11H15NO6S. The molecule has 0 aliphatic rings. The Labute approximate surface area is 110 Å². The minimum Gasteiger partial charge on any atom is -0.504 e. The molecule has 1 aromatic rings. The van der Waals surface area contributed by atoms with Crippen molar-refractivity contribution in [2.24, 2.45) is 5.73 Å². The Bertz CT molecular complexity index is 558. The normalized spacial score (nSPS) is 11.3. The topological polar surface area (TPSA) is 127 Å².